The topological polar surface area (TPSA) is 73.3 Å². The second-order valence-electron chi connectivity index (χ2n) is 3.73. The molecular formula is C12H8ClN3O3. The van der Waals surface area contributed by atoms with Crippen LogP contribution in [0.3, 0.4) is 0 Å². The number of rotatable bonds is 2. The summed E-state index contributed by atoms with van der Waals surface area (Å²) in [4.78, 5) is 19.8. The van der Waals surface area contributed by atoms with Crippen LogP contribution in [0.25, 0.3) is 0 Å². The highest BCUT2D eigenvalue weighted by molar-refractivity contribution is 6.29. The van der Waals surface area contributed by atoms with Crippen molar-refractivity contribution in [3.8, 4) is 11.5 Å². The average Bonchev–Trinajstić information content (AvgIpc) is 2.85. The molecule has 0 bridgehead atoms. The summed E-state index contributed by atoms with van der Waals surface area (Å²) in [6, 6.07) is 6.43. The van der Waals surface area contributed by atoms with Crippen LogP contribution in [0.4, 0.5) is 5.95 Å². The number of carbonyl (C=O) groups excluding carboxylic acids is 1. The Morgan fingerprint density at radius 3 is 2.95 bits per heavy atom. The molecule has 0 aliphatic carbocycles. The fourth-order valence-corrected chi connectivity index (χ4v) is 1.74. The van der Waals surface area contributed by atoms with Crippen LogP contribution in [0, 0.1) is 0 Å². The Morgan fingerprint density at radius 2 is 2.11 bits per heavy atom. The van der Waals surface area contributed by atoms with Gasteiger partial charge in [0.05, 0.1) is 0 Å². The molecule has 1 aromatic carbocycles. The third-order valence-corrected chi connectivity index (χ3v) is 2.69. The van der Waals surface area contributed by atoms with E-state index in [2.05, 4.69) is 15.3 Å². The molecule has 1 aliphatic heterocycles. The van der Waals surface area contributed by atoms with Crippen molar-refractivity contribution < 1.29 is 14.3 Å². The lowest BCUT2D eigenvalue weighted by Gasteiger charge is -2.04. The van der Waals surface area contributed by atoms with Gasteiger partial charge in [-0.25, -0.2) is 9.97 Å². The van der Waals surface area contributed by atoms with E-state index >= 15 is 0 Å². The highest BCUT2D eigenvalue weighted by Crippen LogP contribution is 2.32. The van der Waals surface area contributed by atoms with Crippen molar-refractivity contribution in [1.29, 1.82) is 0 Å². The zero-order valence-corrected chi connectivity index (χ0v) is 10.3. The first kappa shape index (κ1) is 11.7. The minimum Gasteiger partial charge on any atom is -0.454 e. The van der Waals surface area contributed by atoms with Gasteiger partial charge in [0.15, 0.2) is 11.5 Å². The van der Waals surface area contributed by atoms with Crippen molar-refractivity contribution in [2.24, 2.45) is 0 Å². The van der Waals surface area contributed by atoms with Gasteiger partial charge in [0, 0.05) is 11.8 Å². The van der Waals surface area contributed by atoms with Crippen molar-refractivity contribution in [3.05, 3.63) is 41.2 Å². The quantitative estimate of drug-likeness (QED) is 0.851. The third-order valence-electron chi connectivity index (χ3n) is 2.48. The molecule has 1 amide bonds. The van der Waals surface area contributed by atoms with Gasteiger partial charge in [-0.1, -0.05) is 11.6 Å². The smallest absolute Gasteiger partial charge is 0.258 e. The summed E-state index contributed by atoms with van der Waals surface area (Å²) in [7, 11) is 0. The van der Waals surface area contributed by atoms with Crippen LogP contribution in [0.5, 0.6) is 11.5 Å². The van der Waals surface area contributed by atoms with E-state index in [0.717, 1.165) is 0 Å². The lowest BCUT2D eigenvalue weighted by Crippen LogP contribution is -2.14. The predicted octanol–water partition coefficient (Wildman–Crippen LogP) is 2.11. The zero-order valence-electron chi connectivity index (χ0n) is 9.59. The number of amides is 1. The Labute approximate surface area is 113 Å². The van der Waals surface area contributed by atoms with Gasteiger partial charge in [0.25, 0.3) is 5.91 Å². The van der Waals surface area contributed by atoms with E-state index in [0.29, 0.717) is 17.1 Å². The molecule has 0 unspecified atom stereocenters. The van der Waals surface area contributed by atoms with Gasteiger partial charge < -0.3 is 9.47 Å². The van der Waals surface area contributed by atoms with Crippen LogP contribution in [0.1, 0.15) is 10.4 Å². The van der Waals surface area contributed by atoms with Crippen LogP contribution < -0.4 is 14.8 Å². The van der Waals surface area contributed by atoms with Gasteiger partial charge in [-0.05, 0) is 24.3 Å². The second-order valence-corrected chi connectivity index (χ2v) is 4.11. The van der Waals surface area contributed by atoms with E-state index in [-0.39, 0.29) is 23.8 Å². The van der Waals surface area contributed by atoms with E-state index in [1.165, 1.54) is 12.3 Å². The summed E-state index contributed by atoms with van der Waals surface area (Å²) >= 11 is 5.71. The molecule has 3 rings (SSSR count). The number of anilines is 1. The first-order valence-corrected chi connectivity index (χ1v) is 5.80. The number of halogens is 1. The molecule has 7 heteroatoms. The Balaban J connectivity index is 1.81. The molecule has 96 valence electrons. The molecule has 1 aromatic heterocycles. The maximum absolute atomic E-state index is 12.0. The Hall–Kier alpha value is -2.34. The van der Waals surface area contributed by atoms with Gasteiger partial charge in [-0.3, -0.25) is 10.1 Å². The van der Waals surface area contributed by atoms with Crippen molar-refractivity contribution in [2.75, 3.05) is 12.1 Å². The number of ether oxygens (including phenoxy) is 2. The van der Waals surface area contributed by atoms with Gasteiger partial charge in [0.1, 0.15) is 5.15 Å². The van der Waals surface area contributed by atoms with E-state index in [9.17, 15) is 4.79 Å². The number of carbonyl (C=O) groups is 1. The molecule has 6 nitrogen and oxygen atoms in total. The average molecular weight is 278 g/mol. The highest BCUT2D eigenvalue weighted by atomic mass is 35.5. The molecule has 0 radical (unpaired) electrons. The molecule has 1 aliphatic rings. The van der Waals surface area contributed by atoms with Crippen molar-refractivity contribution in [3.63, 3.8) is 0 Å². The van der Waals surface area contributed by atoms with E-state index in [1.54, 1.807) is 18.2 Å². The molecule has 2 heterocycles. The molecule has 0 saturated heterocycles. The number of fused-ring (bicyclic) bond motifs is 1. The Morgan fingerprint density at radius 1 is 1.26 bits per heavy atom. The molecular weight excluding hydrogens is 270 g/mol. The summed E-state index contributed by atoms with van der Waals surface area (Å²) in [5.74, 6) is 0.964. The molecule has 19 heavy (non-hydrogen) atoms. The summed E-state index contributed by atoms with van der Waals surface area (Å²) in [5, 5.41) is 2.81. The van der Waals surface area contributed by atoms with Crippen LogP contribution in [-0.4, -0.2) is 22.7 Å². The largest absolute Gasteiger partial charge is 0.454 e. The normalized spacial score (nSPS) is 12.3. The Kier molecular flexibility index (Phi) is 2.92. The third kappa shape index (κ3) is 2.43. The Bertz CT molecular complexity index is 648. The van der Waals surface area contributed by atoms with Crippen molar-refractivity contribution in [1.82, 2.24) is 9.97 Å². The summed E-state index contributed by atoms with van der Waals surface area (Å²) in [5.41, 5.74) is 0.424. The maximum atomic E-state index is 12.0. The predicted molar refractivity (Wildman–Crippen MR) is 67.6 cm³/mol. The van der Waals surface area contributed by atoms with E-state index in [1.807, 2.05) is 0 Å². The standard InChI is InChI=1S/C12H8ClN3O3/c13-10-3-4-14-12(15-10)16-11(17)7-1-2-8-9(5-7)19-6-18-8/h1-5H,6H2,(H,14,15,16,17). The molecule has 1 N–H and O–H groups in total. The van der Waals surface area contributed by atoms with Gasteiger partial charge in [-0.15, -0.1) is 0 Å². The van der Waals surface area contributed by atoms with Gasteiger partial charge in [0.2, 0.25) is 12.7 Å². The first-order chi connectivity index (χ1) is 9.22. The maximum Gasteiger partial charge on any atom is 0.258 e. The molecule has 0 fully saturated rings. The number of aromatic nitrogens is 2. The van der Waals surface area contributed by atoms with Crippen LogP contribution in [-0.2, 0) is 0 Å². The van der Waals surface area contributed by atoms with Gasteiger partial charge in [-0.2, -0.15) is 0 Å². The van der Waals surface area contributed by atoms with Crippen LogP contribution in [0.2, 0.25) is 5.15 Å². The molecule has 0 spiro atoms. The summed E-state index contributed by atoms with van der Waals surface area (Å²) in [6.07, 6.45) is 1.46. The number of hydrogen-bond acceptors (Lipinski definition) is 5. The summed E-state index contributed by atoms with van der Waals surface area (Å²) in [6.45, 7) is 0.164. The lowest BCUT2D eigenvalue weighted by molar-refractivity contribution is 0.102. The van der Waals surface area contributed by atoms with E-state index < -0.39 is 0 Å². The SMILES string of the molecule is O=C(Nc1nccc(Cl)n1)c1ccc2c(c1)OCO2. The number of benzene rings is 1. The van der Waals surface area contributed by atoms with Crippen molar-refractivity contribution in [2.45, 2.75) is 0 Å². The second kappa shape index (κ2) is 4.74. The lowest BCUT2D eigenvalue weighted by atomic mass is 10.2. The molecule has 0 atom stereocenters. The van der Waals surface area contributed by atoms with Crippen molar-refractivity contribution >= 4 is 23.5 Å². The van der Waals surface area contributed by atoms with E-state index in [4.69, 9.17) is 21.1 Å². The summed E-state index contributed by atoms with van der Waals surface area (Å²) < 4.78 is 10.4. The fraction of sp³-hybridized carbons (Fsp3) is 0.0833. The molecule has 2 aromatic rings. The zero-order chi connectivity index (χ0) is 13.2. The monoisotopic (exact) mass is 277 g/mol. The van der Waals surface area contributed by atoms with Crippen LogP contribution >= 0.6 is 11.6 Å². The van der Waals surface area contributed by atoms with Crippen LogP contribution in [0.15, 0.2) is 30.5 Å². The molecule has 0 saturated carbocycles. The number of hydrogen-bond donors (Lipinski definition) is 1. The highest BCUT2D eigenvalue weighted by Gasteiger charge is 2.16. The number of nitrogens with one attached hydrogen (secondary N) is 1. The first-order valence-electron chi connectivity index (χ1n) is 5.42. The minimum atomic E-state index is -0.347. The van der Waals surface area contributed by atoms with Gasteiger partial charge >= 0.3 is 0 Å². The minimum absolute atomic E-state index is 0.148. The number of nitrogens with zero attached hydrogens (tertiary/aromatic N) is 2. The fourth-order valence-electron chi connectivity index (χ4n) is 1.61.